The summed E-state index contributed by atoms with van der Waals surface area (Å²) in [5.41, 5.74) is 8.31. The Balaban J connectivity index is 2.45. The van der Waals surface area contributed by atoms with Crippen LogP contribution in [0.5, 0.6) is 0 Å². The van der Waals surface area contributed by atoms with Gasteiger partial charge in [-0.3, -0.25) is 4.79 Å². The van der Waals surface area contributed by atoms with Gasteiger partial charge in [0, 0.05) is 0 Å². The Bertz CT molecular complexity index is 431. The van der Waals surface area contributed by atoms with Crippen LogP contribution in [0.2, 0.25) is 0 Å². The van der Waals surface area contributed by atoms with Crippen molar-refractivity contribution in [1.29, 1.82) is 0 Å². The van der Waals surface area contributed by atoms with Gasteiger partial charge in [0.15, 0.2) is 5.69 Å². The molecule has 1 amide bonds. The molecule has 1 aromatic rings. The molecule has 0 saturated heterocycles. The second-order valence-corrected chi connectivity index (χ2v) is 2.88. The van der Waals surface area contributed by atoms with E-state index in [9.17, 15) is 4.79 Å². The fourth-order valence-corrected chi connectivity index (χ4v) is 1.16. The second-order valence-electron chi connectivity index (χ2n) is 2.88. The van der Waals surface area contributed by atoms with Crippen LogP contribution in [0.25, 0.3) is 0 Å². The molecule has 0 unspecified atom stereocenters. The van der Waals surface area contributed by atoms with E-state index in [0.717, 1.165) is 0 Å². The molecule has 2 rings (SSSR count). The van der Waals surface area contributed by atoms with Crippen LogP contribution >= 0.6 is 0 Å². The maximum atomic E-state index is 11.1. The monoisotopic (exact) mass is 207 g/mol. The summed E-state index contributed by atoms with van der Waals surface area (Å²) in [6, 6.07) is 0. The van der Waals surface area contributed by atoms with Gasteiger partial charge in [0.05, 0.1) is 12.4 Å². The number of anilines is 1. The van der Waals surface area contributed by atoms with Crippen molar-refractivity contribution in [3.63, 3.8) is 0 Å². The van der Waals surface area contributed by atoms with Crippen molar-refractivity contribution in [2.45, 2.75) is 6.92 Å². The zero-order valence-corrected chi connectivity index (χ0v) is 7.97. The van der Waals surface area contributed by atoms with Crippen molar-refractivity contribution in [1.82, 2.24) is 15.6 Å². The van der Waals surface area contributed by atoms with Gasteiger partial charge in [0.1, 0.15) is 17.8 Å². The predicted octanol–water partition coefficient (Wildman–Crippen LogP) is -0.389. The lowest BCUT2D eigenvalue weighted by Gasteiger charge is -2.15. The molecule has 0 radical (unpaired) electrons. The van der Waals surface area contributed by atoms with Crippen LogP contribution in [0.4, 0.5) is 5.69 Å². The molecular weight excluding hydrogens is 198 g/mol. The molecule has 0 bridgehead atoms. The Morgan fingerprint density at radius 2 is 2.47 bits per heavy atom. The van der Waals surface area contributed by atoms with Crippen LogP contribution in [-0.2, 0) is 4.84 Å². The van der Waals surface area contributed by atoms with Crippen LogP contribution < -0.4 is 16.3 Å². The van der Waals surface area contributed by atoms with E-state index in [-0.39, 0.29) is 5.69 Å². The number of aromatic nitrogens is 2. The number of hydrogen-bond acceptors (Lipinski definition) is 6. The average molecular weight is 207 g/mol. The van der Waals surface area contributed by atoms with E-state index in [0.29, 0.717) is 11.5 Å². The van der Waals surface area contributed by atoms with Gasteiger partial charge < -0.3 is 10.6 Å². The van der Waals surface area contributed by atoms with E-state index in [1.54, 1.807) is 13.1 Å². The number of carbonyl (C=O) groups excluding carboxylic acids is 1. The highest BCUT2D eigenvalue weighted by Gasteiger charge is 2.18. The second kappa shape index (κ2) is 3.54. The number of aryl methyl sites for hydroxylation is 1. The molecule has 7 nitrogen and oxygen atoms in total. The number of carbonyl (C=O) groups is 1. The Hall–Kier alpha value is -2.15. The molecule has 0 spiro atoms. The molecule has 2 heterocycles. The van der Waals surface area contributed by atoms with Crippen LogP contribution in [0, 0.1) is 6.92 Å². The molecule has 3 N–H and O–H groups in total. The summed E-state index contributed by atoms with van der Waals surface area (Å²) in [6.45, 7) is 1.68. The number of nitrogens with one attached hydrogen (secondary N) is 1. The van der Waals surface area contributed by atoms with Crippen molar-refractivity contribution in [3.8, 4) is 0 Å². The number of nitrogens with two attached hydrogens (primary N) is 1. The number of primary amides is 1. The quantitative estimate of drug-likeness (QED) is 0.686. The summed E-state index contributed by atoms with van der Waals surface area (Å²) < 4.78 is 0. The number of nitrogens with zero attached hydrogens (tertiary/aromatic N) is 3. The molecule has 1 aliphatic heterocycles. The first kappa shape index (κ1) is 9.41. The summed E-state index contributed by atoms with van der Waals surface area (Å²) in [5.74, 6) is -0.130. The first-order valence-corrected chi connectivity index (χ1v) is 4.19. The molecule has 1 aliphatic rings. The van der Waals surface area contributed by atoms with E-state index in [1.165, 1.54) is 17.5 Å². The third-order valence-corrected chi connectivity index (χ3v) is 1.81. The van der Waals surface area contributed by atoms with Crippen molar-refractivity contribution in [2.75, 3.05) is 5.01 Å². The maximum absolute atomic E-state index is 11.1. The third-order valence-electron chi connectivity index (χ3n) is 1.81. The molecule has 7 heteroatoms. The van der Waals surface area contributed by atoms with Gasteiger partial charge in [-0.15, -0.1) is 0 Å². The molecule has 15 heavy (non-hydrogen) atoms. The minimum atomic E-state index is -0.613. The van der Waals surface area contributed by atoms with Crippen LogP contribution in [0.3, 0.4) is 0 Å². The smallest absolute Gasteiger partial charge is 0.269 e. The summed E-state index contributed by atoms with van der Waals surface area (Å²) in [5, 5.41) is 1.46. The average Bonchev–Trinajstić information content (AvgIpc) is 2.70. The van der Waals surface area contributed by atoms with Crippen LogP contribution in [-0.4, -0.2) is 15.9 Å². The molecule has 0 atom stereocenters. The Labute approximate surface area is 85.5 Å². The molecule has 0 aromatic carbocycles. The lowest BCUT2D eigenvalue weighted by molar-refractivity contribution is 0.0994. The van der Waals surface area contributed by atoms with Crippen LogP contribution in [0.1, 0.15) is 16.3 Å². The fourth-order valence-electron chi connectivity index (χ4n) is 1.16. The van der Waals surface area contributed by atoms with Gasteiger partial charge >= 0.3 is 0 Å². The van der Waals surface area contributed by atoms with Gasteiger partial charge in [-0.05, 0) is 6.92 Å². The Morgan fingerprint density at radius 1 is 1.67 bits per heavy atom. The minimum Gasteiger partial charge on any atom is -0.395 e. The number of amides is 1. The number of hydrazine groups is 1. The number of rotatable bonds is 2. The zero-order valence-electron chi connectivity index (χ0n) is 7.97. The van der Waals surface area contributed by atoms with Crippen molar-refractivity contribution >= 4 is 11.6 Å². The van der Waals surface area contributed by atoms with E-state index < -0.39 is 5.91 Å². The van der Waals surface area contributed by atoms with Gasteiger partial charge in [-0.2, -0.15) is 0 Å². The van der Waals surface area contributed by atoms with Crippen molar-refractivity contribution in [3.05, 3.63) is 30.2 Å². The molecule has 0 aliphatic carbocycles. The first-order valence-electron chi connectivity index (χ1n) is 4.19. The maximum Gasteiger partial charge on any atom is 0.269 e. The van der Waals surface area contributed by atoms with Gasteiger partial charge in [-0.25, -0.2) is 15.0 Å². The highest BCUT2D eigenvalue weighted by Crippen LogP contribution is 2.17. The van der Waals surface area contributed by atoms with Crippen LogP contribution in [0.15, 0.2) is 18.7 Å². The third kappa shape index (κ3) is 1.72. The van der Waals surface area contributed by atoms with Gasteiger partial charge in [0.25, 0.3) is 5.91 Å². The molecule has 0 fully saturated rings. The molecule has 78 valence electrons. The Kier molecular flexibility index (Phi) is 2.22. The topological polar surface area (TPSA) is 93.4 Å². The van der Waals surface area contributed by atoms with Gasteiger partial charge in [0.2, 0.25) is 0 Å². The SMILES string of the molecule is Cc1ncc(N2C=CON2)c(C(N)=O)n1. The van der Waals surface area contributed by atoms with Crippen molar-refractivity contribution < 1.29 is 9.63 Å². The normalized spacial score (nSPS) is 14.1. The standard InChI is InChI=1S/C8H9N5O2/c1-5-10-4-6(7(11-5)8(9)14)13-2-3-15-12-13/h2-4,12H,1H3,(H2,9,14). The molecular formula is C8H9N5O2. The van der Waals surface area contributed by atoms with E-state index in [1.807, 2.05) is 0 Å². The summed E-state index contributed by atoms with van der Waals surface area (Å²) >= 11 is 0. The largest absolute Gasteiger partial charge is 0.395 e. The highest BCUT2D eigenvalue weighted by atomic mass is 16.7. The molecule has 0 saturated carbocycles. The summed E-state index contributed by atoms with van der Waals surface area (Å²) in [7, 11) is 0. The van der Waals surface area contributed by atoms with E-state index in [4.69, 9.17) is 10.6 Å². The number of hydrogen-bond donors (Lipinski definition) is 2. The Morgan fingerprint density at radius 3 is 3.07 bits per heavy atom. The highest BCUT2D eigenvalue weighted by molar-refractivity contribution is 5.96. The van der Waals surface area contributed by atoms with Crippen molar-refractivity contribution in [2.24, 2.45) is 5.73 Å². The lowest BCUT2D eigenvalue weighted by atomic mass is 10.3. The summed E-state index contributed by atoms with van der Waals surface area (Å²) in [6.07, 6.45) is 4.50. The molecule has 1 aromatic heterocycles. The summed E-state index contributed by atoms with van der Waals surface area (Å²) in [4.78, 5) is 23.8. The lowest BCUT2D eigenvalue weighted by Crippen LogP contribution is -2.30. The minimum absolute atomic E-state index is 0.144. The van der Waals surface area contributed by atoms with E-state index >= 15 is 0 Å². The van der Waals surface area contributed by atoms with Gasteiger partial charge in [-0.1, -0.05) is 5.59 Å². The fraction of sp³-hybridized carbons (Fsp3) is 0.125. The first-order chi connectivity index (χ1) is 7.18. The van der Waals surface area contributed by atoms with E-state index in [2.05, 4.69) is 15.6 Å². The predicted molar refractivity (Wildman–Crippen MR) is 51.1 cm³/mol. The zero-order chi connectivity index (χ0) is 10.8.